The van der Waals surface area contributed by atoms with Gasteiger partial charge >= 0.3 is 6.03 Å². The summed E-state index contributed by atoms with van der Waals surface area (Å²) >= 11 is 0. The number of imide groups is 1. The molecule has 22 heteroatoms. The van der Waals surface area contributed by atoms with Crippen molar-refractivity contribution in [3.8, 4) is 11.5 Å². The number of rotatable bonds is 32. The van der Waals surface area contributed by atoms with E-state index in [1.807, 2.05) is 48.1 Å². The van der Waals surface area contributed by atoms with Crippen LogP contribution in [0, 0.1) is 31.6 Å². The Morgan fingerprint density at radius 2 is 1.52 bits per heavy atom. The third kappa shape index (κ3) is 19.0. The van der Waals surface area contributed by atoms with Crippen molar-refractivity contribution in [1.29, 1.82) is 0 Å². The van der Waals surface area contributed by atoms with E-state index in [0.29, 0.717) is 41.2 Å². The number of likely N-dealkylation sites (tertiary alicyclic amines) is 1. The van der Waals surface area contributed by atoms with Gasteiger partial charge < -0.3 is 45.6 Å². The summed E-state index contributed by atoms with van der Waals surface area (Å²) in [5.41, 5.74) is 9.81. The molecule has 1 aliphatic rings. The zero-order valence-electron chi connectivity index (χ0n) is 46.0. The molecule has 0 spiro atoms. The minimum atomic E-state index is -3.64. The first-order chi connectivity index (χ1) is 38.3. The van der Waals surface area contributed by atoms with Crippen LogP contribution in [0.3, 0.4) is 0 Å². The number of sulfone groups is 1. The number of Topliss-reactive ketones (excluding diaryl/α,β-unsaturated/α-hetero) is 1. The highest BCUT2D eigenvalue weighted by molar-refractivity contribution is 7.90. The Hall–Kier alpha value is -7.66. The van der Waals surface area contributed by atoms with Crippen molar-refractivity contribution in [2.75, 3.05) is 58.0 Å². The molecule has 0 bridgehead atoms. The molecule has 1 unspecified atom stereocenters. The van der Waals surface area contributed by atoms with Gasteiger partial charge in [-0.25, -0.2) is 22.8 Å². The fraction of sp³-hybridized carbons (Fsp3) is 0.431. The van der Waals surface area contributed by atoms with Crippen molar-refractivity contribution in [2.24, 2.45) is 23.5 Å². The molecule has 6 rings (SSSR count). The summed E-state index contributed by atoms with van der Waals surface area (Å²) < 4.78 is 50.4. The average molecular weight is 1120 g/mol. The fourth-order valence-corrected chi connectivity index (χ4v) is 10.1. The second-order valence-electron chi connectivity index (χ2n) is 20.1. The quantitative estimate of drug-likeness (QED) is 0.0212. The molecule has 3 atom stereocenters. The lowest BCUT2D eigenvalue weighted by atomic mass is 9.89. The normalized spacial score (nSPS) is 14.2. The third-order valence-electron chi connectivity index (χ3n) is 13.3. The van der Waals surface area contributed by atoms with Crippen molar-refractivity contribution in [3.05, 3.63) is 131 Å². The molecule has 2 aromatic heterocycles. The molecule has 3 aromatic carbocycles. The first-order valence-corrected chi connectivity index (χ1v) is 28.4. The number of oxazole rings is 1. The van der Waals surface area contributed by atoms with Crippen LogP contribution < -0.4 is 31.6 Å². The van der Waals surface area contributed by atoms with Gasteiger partial charge in [0.15, 0.2) is 34.6 Å². The topological polar surface area (TPSA) is 289 Å². The maximum Gasteiger partial charge on any atom is 0.312 e. The lowest BCUT2D eigenvalue weighted by molar-refractivity contribution is -0.688. The van der Waals surface area contributed by atoms with Crippen molar-refractivity contribution in [3.63, 3.8) is 0 Å². The van der Waals surface area contributed by atoms with Gasteiger partial charge in [0.1, 0.15) is 11.5 Å². The number of nitrogens with one attached hydrogen (secondary N) is 4. The highest BCUT2D eigenvalue weighted by atomic mass is 32.2. The second kappa shape index (κ2) is 30.1. The van der Waals surface area contributed by atoms with E-state index in [9.17, 15) is 42.0 Å². The molecular weight excluding hydrogens is 1050 g/mol. The number of aromatic nitrogens is 2. The largest absolute Gasteiger partial charge is 0.441 e. The van der Waals surface area contributed by atoms with Gasteiger partial charge in [0.25, 0.3) is 5.91 Å². The van der Waals surface area contributed by atoms with E-state index in [1.54, 1.807) is 88.4 Å². The standard InChI is InChI=1S/C58H72N8O13S/c1-38(2)53(64-51(68)22-26-76-28-30-78-31-29-77-27-25-66-52(69)32-40(4)57(66)72)50(67)33-46(9-6-23-60-58(59)73)55(71)62-47-18-12-42(13-19-47)35-65-24-7-8-43(36-65)34-61-54(70)44-14-16-45(17-15-44)56-63-49(41(5)79-56)37-80(74,75)48-20-10-39(3)11-21-48/h7-8,10-21,24,36,38,40,46,53H,6,9,22-23,25-35,37H2,1-5H3,(H5-,59,60,61,62,64,68,70,71,73)/p+1/t40?,46-,53+/m1/s1. The SMILES string of the molecule is Cc1ccc(S(=O)(=O)Cc2nc(-c3ccc(C(=O)NCc4ccc[n+](Cc5ccc(NC(=O)[C@H](CCCNC(N)=O)CC(=O)[C@@H](NC(=O)CCOCCOCCOCCN6C(=O)CC(C)C6=O)C(C)C)cc5)c4)cc3)oc2C)cc1. The van der Waals surface area contributed by atoms with E-state index < -0.39 is 33.7 Å². The molecule has 5 aromatic rings. The molecule has 0 radical (unpaired) electrons. The zero-order valence-corrected chi connectivity index (χ0v) is 46.8. The molecule has 6 N–H and O–H groups in total. The highest BCUT2D eigenvalue weighted by Gasteiger charge is 2.35. The molecule has 1 fully saturated rings. The van der Waals surface area contributed by atoms with Crippen LogP contribution in [0.2, 0.25) is 0 Å². The molecule has 3 heterocycles. The summed E-state index contributed by atoms with van der Waals surface area (Å²) in [5.74, 6) is -2.79. The number of benzene rings is 3. The van der Waals surface area contributed by atoms with Gasteiger partial charge in [-0.15, -0.1) is 0 Å². The summed E-state index contributed by atoms with van der Waals surface area (Å²) in [5, 5.41) is 11.2. The Morgan fingerprint density at radius 3 is 2.17 bits per heavy atom. The number of amides is 7. The molecule has 1 aliphatic heterocycles. The molecule has 21 nitrogen and oxygen atoms in total. The van der Waals surface area contributed by atoms with E-state index in [0.717, 1.165) is 16.7 Å². The number of nitrogens with two attached hydrogens (primary N) is 1. The van der Waals surface area contributed by atoms with Crippen LogP contribution in [0.4, 0.5) is 10.5 Å². The van der Waals surface area contributed by atoms with Crippen molar-refractivity contribution >= 4 is 56.9 Å². The minimum absolute atomic E-state index is 0.00462. The van der Waals surface area contributed by atoms with E-state index in [2.05, 4.69) is 26.3 Å². The smallest absolute Gasteiger partial charge is 0.312 e. The predicted octanol–water partition coefficient (Wildman–Crippen LogP) is 5.14. The Bertz CT molecular complexity index is 3040. The lowest BCUT2D eigenvalue weighted by Crippen LogP contribution is -2.45. The van der Waals surface area contributed by atoms with Crippen LogP contribution in [-0.4, -0.2) is 118 Å². The second-order valence-corrected chi connectivity index (χ2v) is 22.1. The Morgan fingerprint density at radius 1 is 0.850 bits per heavy atom. The minimum Gasteiger partial charge on any atom is -0.441 e. The summed E-state index contributed by atoms with van der Waals surface area (Å²) in [7, 11) is -3.64. The van der Waals surface area contributed by atoms with E-state index in [4.69, 9.17) is 24.4 Å². The van der Waals surface area contributed by atoms with Crippen LogP contribution in [0.25, 0.3) is 11.5 Å². The van der Waals surface area contributed by atoms with E-state index in [-0.39, 0.29) is 143 Å². The van der Waals surface area contributed by atoms with Gasteiger partial charge in [-0.05, 0) is 87.2 Å². The number of hydrogen-bond acceptors (Lipinski definition) is 14. The number of nitrogens with zero attached hydrogens (tertiary/aromatic N) is 3. The molecule has 1 saturated heterocycles. The van der Waals surface area contributed by atoms with Gasteiger partial charge in [0, 0.05) is 78.2 Å². The maximum atomic E-state index is 13.8. The van der Waals surface area contributed by atoms with Crippen molar-refractivity contribution in [1.82, 2.24) is 25.8 Å². The van der Waals surface area contributed by atoms with Crippen molar-refractivity contribution < 1.29 is 65.2 Å². The number of carbonyl (C=O) groups excluding carboxylic acids is 7. The Labute approximate surface area is 466 Å². The molecule has 0 aliphatic carbocycles. The number of anilines is 1. The van der Waals surface area contributed by atoms with E-state index in [1.165, 1.54) is 4.90 Å². The van der Waals surface area contributed by atoms with Crippen molar-refractivity contribution in [2.45, 2.75) is 96.5 Å². The summed E-state index contributed by atoms with van der Waals surface area (Å²) in [6.45, 7) is 11.4. The van der Waals surface area contributed by atoms with Crippen LogP contribution >= 0.6 is 0 Å². The van der Waals surface area contributed by atoms with Gasteiger partial charge in [-0.3, -0.25) is 33.7 Å². The molecule has 80 heavy (non-hydrogen) atoms. The fourth-order valence-electron chi connectivity index (χ4n) is 8.74. The van der Waals surface area contributed by atoms with Gasteiger partial charge in [-0.2, -0.15) is 0 Å². The van der Waals surface area contributed by atoms with Gasteiger partial charge in [0.2, 0.25) is 29.5 Å². The van der Waals surface area contributed by atoms with Crippen LogP contribution in [0.15, 0.2) is 107 Å². The van der Waals surface area contributed by atoms with Gasteiger partial charge in [-0.1, -0.05) is 50.6 Å². The molecular formula is C58H73N8O13S+. The number of aryl methyl sites for hydroxylation is 2. The molecule has 0 saturated carbocycles. The number of hydrogen-bond donors (Lipinski definition) is 5. The Balaban J connectivity index is 0.928. The molecule has 7 amide bonds. The summed E-state index contributed by atoms with van der Waals surface area (Å²) in [6.07, 6.45) is 4.51. The first-order valence-electron chi connectivity index (χ1n) is 26.7. The number of pyridine rings is 1. The lowest BCUT2D eigenvalue weighted by Gasteiger charge is -2.24. The number of ether oxygens (including phenoxy) is 3. The number of ketones is 1. The third-order valence-corrected chi connectivity index (χ3v) is 14.9. The number of urea groups is 1. The Kier molecular flexibility index (Phi) is 23.1. The maximum absolute atomic E-state index is 13.8. The number of carbonyl (C=O) groups is 7. The van der Waals surface area contributed by atoms with Crippen LogP contribution in [0.5, 0.6) is 0 Å². The molecule has 428 valence electrons. The first kappa shape index (κ1) is 61.6. The van der Waals surface area contributed by atoms with Crippen LogP contribution in [0.1, 0.15) is 91.4 Å². The average Bonchev–Trinajstić information content (AvgIpc) is 3.90. The summed E-state index contributed by atoms with van der Waals surface area (Å²) in [4.78, 5) is 94.8. The summed E-state index contributed by atoms with van der Waals surface area (Å²) in [6, 6.07) is 22.8. The van der Waals surface area contributed by atoms with Crippen LogP contribution in [-0.2, 0) is 66.9 Å². The zero-order chi connectivity index (χ0) is 57.8. The predicted molar refractivity (Wildman–Crippen MR) is 295 cm³/mol. The highest BCUT2D eigenvalue weighted by Crippen LogP contribution is 2.26. The van der Waals surface area contributed by atoms with Gasteiger partial charge in [0.05, 0.1) is 62.8 Å². The van der Waals surface area contributed by atoms with E-state index >= 15 is 0 Å². The monoisotopic (exact) mass is 1120 g/mol. The number of primary amides is 1.